The molecule has 28 heavy (non-hydrogen) atoms. The molecule has 1 aliphatic rings. The summed E-state index contributed by atoms with van der Waals surface area (Å²) in [5.74, 6) is -1.32. The second-order valence-corrected chi connectivity index (χ2v) is 7.04. The lowest BCUT2D eigenvalue weighted by atomic mass is 9.99. The molecule has 1 saturated heterocycles. The molecule has 0 spiro atoms. The van der Waals surface area contributed by atoms with Gasteiger partial charge in [0.2, 0.25) is 5.79 Å². The van der Waals surface area contributed by atoms with Crippen molar-refractivity contribution in [2.75, 3.05) is 6.61 Å². The zero-order chi connectivity index (χ0) is 19.7. The van der Waals surface area contributed by atoms with E-state index in [0.29, 0.717) is 18.9 Å². The molecule has 2 atom stereocenters. The minimum Gasteiger partial charge on any atom is -0.436 e. The second-order valence-electron chi connectivity index (χ2n) is 6.60. The third-order valence-electron chi connectivity index (χ3n) is 4.38. The smallest absolute Gasteiger partial charge is 0.255 e. The van der Waals surface area contributed by atoms with Crippen LogP contribution in [0, 0.1) is 12.7 Å². The summed E-state index contributed by atoms with van der Waals surface area (Å²) in [5, 5.41) is 4.36. The first-order valence-corrected chi connectivity index (χ1v) is 9.07. The Morgan fingerprint density at radius 1 is 1.39 bits per heavy atom. The maximum atomic E-state index is 13.9. The lowest BCUT2D eigenvalue weighted by Gasteiger charge is -2.29. The Bertz CT molecular complexity index is 985. The predicted octanol–water partition coefficient (Wildman–Crippen LogP) is 3.85. The van der Waals surface area contributed by atoms with Crippen LogP contribution in [0.3, 0.4) is 0 Å². The molecule has 9 heteroatoms. The predicted molar refractivity (Wildman–Crippen MR) is 98.7 cm³/mol. The maximum Gasteiger partial charge on any atom is 0.255 e. The van der Waals surface area contributed by atoms with Gasteiger partial charge in [0.15, 0.2) is 5.82 Å². The molecular formula is C19H18ClFN4O3. The van der Waals surface area contributed by atoms with E-state index >= 15 is 0 Å². The van der Waals surface area contributed by atoms with Gasteiger partial charge in [0.05, 0.1) is 17.7 Å². The van der Waals surface area contributed by atoms with Gasteiger partial charge in [-0.3, -0.25) is 0 Å². The van der Waals surface area contributed by atoms with Gasteiger partial charge in [-0.15, -0.1) is 0 Å². The molecule has 1 fully saturated rings. The second kappa shape index (κ2) is 7.46. The van der Waals surface area contributed by atoms with Crippen LogP contribution in [0.2, 0.25) is 5.02 Å². The monoisotopic (exact) mass is 404 g/mol. The fourth-order valence-electron chi connectivity index (χ4n) is 3.20. The van der Waals surface area contributed by atoms with E-state index in [1.165, 1.54) is 12.5 Å². The van der Waals surface area contributed by atoms with Crippen LogP contribution in [0.25, 0.3) is 0 Å². The molecule has 2 unspecified atom stereocenters. The molecule has 146 valence electrons. The Labute approximate surface area is 166 Å². The normalized spacial score (nSPS) is 21.8. The van der Waals surface area contributed by atoms with Crippen molar-refractivity contribution in [1.82, 2.24) is 19.7 Å². The zero-order valence-electron chi connectivity index (χ0n) is 15.3. The molecule has 7 nitrogen and oxygen atoms in total. The molecule has 2 aromatic heterocycles. The highest BCUT2D eigenvalue weighted by atomic mass is 35.5. The maximum absolute atomic E-state index is 13.9. The number of ether oxygens (including phenoxy) is 3. The van der Waals surface area contributed by atoms with Crippen molar-refractivity contribution in [3.8, 4) is 11.6 Å². The topological polar surface area (TPSA) is 71.3 Å². The summed E-state index contributed by atoms with van der Waals surface area (Å²) in [5.41, 5.74) is 1.70. The third kappa shape index (κ3) is 3.71. The van der Waals surface area contributed by atoms with Crippen molar-refractivity contribution >= 4 is 11.6 Å². The standard InChI is InChI=1S/C19H18ClFN4O3/c1-12-5-15(27-18-17(21)6-14(20)7-23-18)3-4-16(12)19(26-8-13(2)28-19)9-25-11-22-10-24-25/h3-7,10-11,13H,8-9H2,1-2H3. The van der Waals surface area contributed by atoms with E-state index in [0.717, 1.165) is 17.2 Å². The average Bonchev–Trinajstić information content (AvgIpc) is 3.28. The van der Waals surface area contributed by atoms with Crippen LogP contribution >= 0.6 is 11.6 Å². The van der Waals surface area contributed by atoms with Gasteiger partial charge >= 0.3 is 0 Å². The van der Waals surface area contributed by atoms with Gasteiger partial charge in [0, 0.05) is 11.8 Å². The largest absolute Gasteiger partial charge is 0.436 e. The molecule has 4 rings (SSSR count). The molecule has 3 aromatic rings. The summed E-state index contributed by atoms with van der Waals surface area (Å²) in [6.45, 7) is 4.68. The Morgan fingerprint density at radius 3 is 2.89 bits per heavy atom. The van der Waals surface area contributed by atoms with Crippen LogP contribution in [0.4, 0.5) is 4.39 Å². The molecule has 3 heterocycles. The summed E-state index contributed by atoms with van der Waals surface area (Å²) in [7, 11) is 0. The molecule has 1 aliphatic heterocycles. The number of hydrogen-bond acceptors (Lipinski definition) is 6. The molecule has 0 bridgehead atoms. The van der Waals surface area contributed by atoms with Gasteiger partial charge in [-0.2, -0.15) is 5.10 Å². The fourth-order valence-corrected chi connectivity index (χ4v) is 3.34. The molecular weight excluding hydrogens is 387 g/mol. The van der Waals surface area contributed by atoms with Crippen LogP contribution in [-0.2, 0) is 21.8 Å². The average molecular weight is 405 g/mol. The highest BCUT2D eigenvalue weighted by Gasteiger charge is 2.43. The van der Waals surface area contributed by atoms with E-state index in [9.17, 15) is 4.39 Å². The number of aromatic nitrogens is 4. The van der Waals surface area contributed by atoms with Gasteiger partial charge in [-0.1, -0.05) is 11.6 Å². The quantitative estimate of drug-likeness (QED) is 0.643. The molecule has 1 aromatic carbocycles. The van der Waals surface area contributed by atoms with Crippen molar-refractivity contribution < 1.29 is 18.6 Å². The first-order valence-electron chi connectivity index (χ1n) is 8.69. The van der Waals surface area contributed by atoms with E-state index in [4.69, 9.17) is 25.8 Å². The molecule has 0 radical (unpaired) electrons. The number of benzene rings is 1. The summed E-state index contributed by atoms with van der Waals surface area (Å²) in [6, 6.07) is 6.49. The van der Waals surface area contributed by atoms with Gasteiger partial charge in [0.1, 0.15) is 24.9 Å². The first-order chi connectivity index (χ1) is 13.4. The highest BCUT2D eigenvalue weighted by molar-refractivity contribution is 6.30. The minimum absolute atomic E-state index is 0.0637. The van der Waals surface area contributed by atoms with E-state index in [-0.39, 0.29) is 17.0 Å². The third-order valence-corrected chi connectivity index (χ3v) is 4.58. The summed E-state index contributed by atoms with van der Waals surface area (Å²) >= 11 is 5.73. The van der Waals surface area contributed by atoms with Gasteiger partial charge in [0.25, 0.3) is 5.88 Å². The van der Waals surface area contributed by atoms with E-state index in [1.54, 1.807) is 23.1 Å². The van der Waals surface area contributed by atoms with Crippen molar-refractivity contribution in [2.24, 2.45) is 0 Å². The molecule has 0 amide bonds. The van der Waals surface area contributed by atoms with E-state index in [1.807, 2.05) is 19.9 Å². The van der Waals surface area contributed by atoms with Crippen molar-refractivity contribution in [1.29, 1.82) is 0 Å². The van der Waals surface area contributed by atoms with Crippen molar-refractivity contribution in [3.63, 3.8) is 0 Å². The van der Waals surface area contributed by atoms with Crippen LogP contribution < -0.4 is 4.74 Å². The minimum atomic E-state index is -0.987. The van der Waals surface area contributed by atoms with Crippen molar-refractivity contribution in [2.45, 2.75) is 32.3 Å². The lowest BCUT2D eigenvalue weighted by molar-refractivity contribution is -0.187. The Balaban J connectivity index is 1.63. The Hall–Kier alpha value is -2.55. The number of pyridine rings is 1. The SMILES string of the molecule is Cc1cc(Oc2ncc(Cl)cc2F)ccc1C1(Cn2cncn2)OCC(C)O1. The molecule has 0 aliphatic carbocycles. The van der Waals surface area contributed by atoms with E-state index in [2.05, 4.69) is 15.1 Å². The van der Waals surface area contributed by atoms with Gasteiger partial charge in [-0.05, 0) is 43.7 Å². The fraction of sp³-hybridized carbons (Fsp3) is 0.316. The number of nitrogens with zero attached hydrogens (tertiary/aromatic N) is 4. The Kier molecular flexibility index (Phi) is 5.01. The summed E-state index contributed by atoms with van der Waals surface area (Å²) in [6.07, 6.45) is 4.34. The lowest BCUT2D eigenvalue weighted by Crippen LogP contribution is -2.34. The van der Waals surface area contributed by atoms with Gasteiger partial charge < -0.3 is 14.2 Å². The summed E-state index contributed by atoms with van der Waals surface area (Å²) in [4.78, 5) is 7.85. The summed E-state index contributed by atoms with van der Waals surface area (Å²) < 4.78 is 33.4. The number of rotatable bonds is 5. The molecule has 0 N–H and O–H groups in total. The Morgan fingerprint density at radius 2 is 2.25 bits per heavy atom. The van der Waals surface area contributed by atoms with Crippen molar-refractivity contribution in [3.05, 3.63) is 65.1 Å². The van der Waals surface area contributed by atoms with E-state index < -0.39 is 11.6 Å². The van der Waals surface area contributed by atoms with Crippen LogP contribution in [0.1, 0.15) is 18.1 Å². The first kappa shape index (κ1) is 18.8. The zero-order valence-corrected chi connectivity index (χ0v) is 16.1. The van der Waals surface area contributed by atoms with Crippen LogP contribution in [-0.4, -0.2) is 32.5 Å². The molecule has 0 saturated carbocycles. The number of halogens is 2. The van der Waals surface area contributed by atoms with Crippen LogP contribution in [0.5, 0.6) is 11.6 Å². The number of hydrogen-bond donors (Lipinski definition) is 0. The number of aryl methyl sites for hydroxylation is 1. The highest BCUT2D eigenvalue weighted by Crippen LogP contribution is 2.39. The van der Waals surface area contributed by atoms with Gasteiger partial charge in [-0.25, -0.2) is 19.0 Å². The van der Waals surface area contributed by atoms with Crippen LogP contribution in [0.15, 0.2) is 43.1 Å².